The molecule has 2 aromatic heterocycles. The molecule has 0 amide bonds. The average Bonchev–Trinajstić information content (AvgIpc) is 3.09. The molecule has 1 saturated heterocycles. The van der Waals surface area contributed by atoms with Crippen molar-refractivity contribution in [2.24, 2.45) is 0 Å². The van der Waals surface area contributed by atoms with Crippen LogP contribution >= 0.6 is 0 Å². The van der Waals surface area contributed by atoms with Crippen molar-refractivity contribution in [2.75, 3.05) is 32.2 Å². The summed E-state index contributed by atoms with van der Waals surface area (Å²) >= 11 is 0. The topological polar surface area (TPSA) is 64.3 Å². The molecule has 0 bridgehead atoms. The second kappa shape index (κ2) is 4.97. The predicted octanol–water partition coefficient (Wildman–Crippen LogP) is 1.70. The Morgan fingerprint density at radius 2 is 2.26 bits per heavy atom. The van der Waals surface area contributed by atoms with Crippen molar-refractivity contribution in [1.82, 2.24) is 15.1 Å². The Hall–Kier alpha value is -1.95. The van der Waals surface area contributed by atoms with Crippen LogP contribution in [0.3, 0.4) is 0 Å². The van der Waals surface area contributed by atoms with Gasteiger partial charge in [0.1, 0.15) is 5.82 Å². The van der Waals surface area contributed by atoms with Gasteiger partial charge >= 0.3 is 0 Å². The molecule has 0 N–H and O–H groups in total. The summed E-state index contributed by atoms with van der Waals surface area (Å²) in [6.45, 7) is 1.44. The minimum atomic E-state index is 0.247. The van der Waals surface area contributed by atoms with E-state index in [9.17, 15) is 0 Å². The molecule has 1 fully saturated rings. The Morgan fingerprint density at radius 1 is 1.37 bits per heavy atom. The quantitative estimate of drug-likeness (QED) is 0.837. The van der Waals surface area contributed by atoms with Crippen molar-refractivity contribution in [2.45, 2.75) is 12.3 Å². The molecule has 1 aliphatic heterocycles. The Bertz CT molecular complexity index is 561. The number of ether oxygens (including phenoxy) is 1. The monoisotopic (exact) mass is 260 g/mol. The van der Waals surface area contributed by atoms with Gasteiger partial charge in [-0.25, -0.2) is 4.98 Å². The lowest BCUT2D eigenvalue weighted by atomic mass is 10.1. The molecule has 0 spiro atoms. The second-order valence-corrected chi connectivity index (χ2v) is 4.79. The number of hydrogen-bond acceptors (Lipinski definition) is 6. The smallest absolute Gasteiger partial charge is 0.261 e. The molecule has 0 radical (unpaired) electrons. The summed E-state index contributed by atoms with van der Waals surface area (Å²) in [5, 5.41) is 4.06. The molecule has 6 heteroatoms. The zero-order valence-corrected chi connectivity index (χ0v) is 11.0. The molecule has 1 atom stereocenters. The highest BCUT2D eigenvalue weighted by atomic mass is 16.5. The van der Waals surface area contributed by atoms with E-state index >= 15 is 0 Å². The molecular formula is C13H16N4O2. The van der Waals surface area contributed by atoms with Crippen LogP contribution < -0.4 is 4.90 Å². The lowest BCUT2D eigenvalue weighted by Gasteiger charge is -2.13. The van der Waals surface area contributed by atoms with Crippen LogP contribution in [0.25, 0.3) is 11.5 Å². The van der Waals surface area contributed by atoms with Gasteiger partial charge in [0.05, 0.1) is 12.2 Å². The molecule has 2 aromatic rings. The van der Waals surface area contributed by atoms with Crippen LogP contribution in [0.4, 0.5) is 5.82 Å². The fourth-order valence-electron chi connectivity index (χ4n) is 2.17. The van der Waals surface area contributed by atoms with Gasteiger partial charge in [-0.1, -0.05) is 5.16 Å². The maximum absolute atomic E-state index is 5.37. The van der Waals surface area contributed by atoms with E-state index in [0.29, 0.717) is 12.5 Å². The number of nitrogens with zero attached hydrogens (tertiary/aromatic N) is 4. The van der Waals surface area contributed by atoms with E-state index in [2.05, 4.69) is 15.1 Å². The van der Waals surface area contributed by atoms with Gasteiger partial charge in [-0.15, -0.1) is 0 Å². The minimum Gasteiger partial charge on any atom is -0.381 e. The Kier molecular flexibility index (Phi) is 3.16. The second-order valence-electron chi connectivity index (χ2n) is 4.79. The predicted molar refractivity (Wildman–Crippen MR) is 70.0 cm³/mol. The average molecular weight is 260 g/mol. The summed E-state index contributed by atoms with van der Waals surface area (Å²) in [6, 6.07) is 3.80. The number of aromatic nitrogens is 3. The first-order chi connectivity index (χ1) is 9.25. The van der Waals surface area contributed by atoms with Gasteiger partial charge in [-0.3, -0.25) is 0 Å². The number of anilines is 1. The lowest BCUT2D eigenvalue weighted by molar-refractivity contribution is 0.192. The molecule has 3 rings (SSSR count). The Labute approximate surface area is 111 Å². The summed E-state index contributed by atoms with van der Waals surface area (Å²) < 4.78 is 10.7. The molecule has 100 valence electrons. The number of hydrogen-bond donors (Lipinski definition) is 0. The molecule has 0 aliphatic carbocycles. The molecule has 0 saturated carbocycles. The third-order valence-corrected chi connectivity index (χ3v) is 3.18. The van der Waals surface area contributed by atoms with Gasteiger partial charge in [0, 0.05) is 32.8 Å². The highest BCUT2D eigenvalue weighted by Gasteiger charge is 2.24. The summed E-state index contributed by atoms with van der Waals surface area (Å²) in [5.74, 6) is 2.30. The maximum Gasteiger partial charge on any atom is 0.261 e. The normalized spacial score (nSPS) is 18.7. The summed E-state index contributed by atoms with van der Waals surface area (Å²) in [4.78, 5) is 10.7. The van der Waals surface area contributed by atoms with Crippen LogP contribution in [-0.4, -0.2) is 42.4 Å². The van der Waals surface area contributed by atoms with Crippen LogP contribution in [-0.2, 0) is 4.74 Å². The Morgan fingerprint density at radius 3 is 3.00 bits per heavy atom. The highest BCUT2D eigenvalue weighted by Crippen LogP contribution is 2.29. The standard InChI is InChI=1S/C13H16N4O2/c1-17(2)12-10(4-3-6-14-12)13-15-11(16-19-13)9-5-7-18-8-9/h3-4,6,9H,5,7-8H2,1-2H3/t9-/m1/s1. The van der Waals surface area contributed by atoms with Crippen molar-refractivity contribution >= 4 is 5.82 Å². The fraction of sp³-hybridized carbons (Fsp3) is 0.462. The number of rotatable bonds is 3. The first-order valence-electron chi connectivity index (χ1n) is 6.30. The van der Waals surface area contributed by atoms with Gasteiger partial charge in [0.25, 0.3) is 5.89 Å². The van der Waals surface area contributed by atoms with Crippen LogP contribution in [0.15, 0.2) is 22.9 Å². The molecule has 3 heterocycles. The van der Waals surface area contributed by atoms with Gasteiger partial charge in [-0.05, 0) is 18.6 Å². The molecular weight excluding hydrogens is 244 g/mol. The zero-order valence-electron chi connectivity index (χ0n) is 11.0. The SMILES string of the molecule is CN(C)c1ncccc1-c1nc([C@@H]2CCOC2)no1. The van der Waals surface area contributed by atoms with Gasteiger partial charge < -0.3 is 14.2 Å². The first kappa shape index (κ1) is 12.1. The number of pyridine rings is 1. The van der Waals surface area contributed by atoms with Crippen molar-refractivity contribution in [3.63, 3.8) is 0 Å². The van der Waals surface area contributed by atoms with Gasteiger partial charge in [-0.2, -0.15) is 4.98 Å². The summed E-state index contributed by atoms with van der Waals surface area (Å²) in [5.41, 5.74) is 0.852. The zero-order chi connectivity index (χ0) is 13.2. The maximum atomic E-state index is 5.37. The Balaban J connectivity index is 1.94. The van der Waals surface area contributed by atoms with Crippen molar-refractivity contribution in [3.05, 3.63) is 24.2 Å². The molecule has 6 nitrogen and oxygen atoms in total. The minimum absolute atomic E-state index is 0.247. The lowest BCUT2D eigenvalue weighted by Crippen LogP contribution is -2.11. The van der Waals surface area contributed by atoms with Crippen LogP contribution in [0.2, 0.25) is 0 Å². The van der Waals surface area contributed by atoms with Gasteiger partial charge in [0.2, 0.25) is 0 Å². The molecule has 1 aliphatic rings. The van der Waals surface area contributed by atoms with E-state index < -0.39 is 0 Å². The van der Waals surface area contributed by atoms with E-state index in [4.69, 9.17) is 9.26 Å². The third kappa shape index (κ3) is 2.31. The van der Waals surface area contributed by atoms with Crippen LogP contribution in [0, 0.1) is 0 Å². The van der Waals surface area contributed by atoms with Crippen molar-refractivity contribution in [1.29, 1.82) is 0 Å². The van der Waals surface area contributed by atoms with Crippen molar-refractivity contribution in [3.8, 4) is 11.5 Å². The molecule has 0 aromatic carbocycles. The van der Waals surface area contributed by atoms with E-state index in [1.165, 1.54) is 0 Å². The summed E-state index contributed by atoms with van der Waals surface area (Å²) in [7, 11) is 3.88. The van der Waals surface area contributed by atoms with E-state index in [-0.39, 0.29) is 5.92 Å². The highest BCUT2D eigenvalue weighted by molar-refractivity contribution is 5.69. The van der Waals surface area contributed by atoms with E-state index in [0.717, 1.165) is 30.2 Å². The van der Waals surface area contributed by atoms with Crippen LogP contribution in [0.1, 0.15) is 18.2 Å². The van der Waals surface area contributed by atoms with Gasteiger partial charge in [0.15, 0.2) is 5.82 Å². The molecule has 0 unspecified atom stereocenters. The van der Waals surface area contributed by atoms with Crippen molar-refractivity contribution < 1.29 is 9.26 Å². The third-order valence-electron chi connectivity index (χ3n) is 3.18. The fourth-order valence-corrected chi connectivity index (χ4v) is 2.17. The molecule has 19 heavy (non-hydrogen) atoms. The van der Waals surface area contributed by atoms with Crippen LogP contribution in [0.5, 0.6) is 0 Å². The van der Waals surface area contributed by atoms with E-state index in [1.54, 1.807) is 6.20 Å². The summed E-state index contributed by atoms with van der Waals surface area (Å²) in [6.07, 6.45) is 2.70. The largest absolute Gasteiger partial charge is 0.381 e. The van der Waals surface area contributed by atoms with E-state index in [1.807, 2.05) is 31.1 Å². The first-order valence-corrected chi connectivity index (χ1v) is 6.30.